The zero-order chi connectivity index (χ0) is 14.0. The maximum atomic E-state index is 11.8. The van der Waals surface area contributed by atoms with Crippen molar-refractivity contribution in [2.75, 3.05) is 5.32 Å². The molecule has 0 spiro atoms. The molecule has 0 atom stereocenters. The molecule has 2 aromatic rings. The molecule has 19 heavy (non-hydrogen) atoms. The van der Waals surface area contributed by atoms with Gasteiger partial charge in [0.2, 0.25) is 5.91 Å². The Morgan fingerprint density at radius 1 is 1.42 bits per heavy atom. The van der Waals surface area contributed by atoms with Crippen LogP contribution in [0.25, 0.3) is 0 Å². The fourth-order valence-corrected chi connectivity index (χ4v) is 2.07. The molecule has 6 nitrogen and oxygen atoms in total. The molecule has 2 heterocycles. The number of hydrogen-bond donors (Lipinski definition) is 1. The fourth-order valence-electron chi connectivity index (χ4n) is 1.37. The summed E-state index contributed by atoms with van der Waals surface area (Å²) in [6.07, 6.45) is 3.43. The van der Waals surface area contributed by atoms with Gasteiger partial charge in [-0.05, 0) is 6.92 Å². The number of rotatable bonds is 3. The highest BCUT2D eigenvalue weighted by Crippen LogP contribution is 2.17. The van der Waals surface area contributed by atoms with Crippen LogP contribution in [0.3, 0.4) is 0 Å². The molecule has 2 aromatic heterocycles. The van der Waals surface area contributed by atoms with Gasteiger partial charge in [-0.25, -0.2) is 0 Å². The minimum Gasteiger partial charge on any atom is -0.323 e. The molecule has 1 amide bonds. The maximum absolute atomic E-state index is 11.8. The lowest BCUT2D eigenvalue weighted by Gasteiger charge is -2.16. The molecule has 7 heteroatoms. The van der Waals surface area contributed by atoms with E-state index in [0.717, 1.165) is 10.0 Å². The Balaban J connectivity index is 2.01. The van der Waals surface area contributed by atoms with Gasteiger partial charge in [0.15, 0.2) is 0 Å². The van der Waals surface area contributed by atoms with E-state index in [1.807, 2.05) is 27.7 Å². The van der Waals surface area contributed by atoms with Crippen molar-refractivity contribution in [2.24, 2.45) is 5.41 Å². The van der Waals surface area contributed by atoms with Crippen molar-refractivity contribution in [2.45, 2.75) is 34.2 Å². The van der Waals surface area contributed by atoms with Crippen molar-refractivity contribution in [1.29, 1.82) is 0 Å². The molecular weight excluding hydrogens is 262 g/mol. The lowest BCUT2D eigenvalue weighted by atomic mass is 9.96. The van der Waals surface area contributed by atoms with Gasteiger partial charge >= 0.3 is 0 Å². The number of carbonyl (C=O) groups is 1. The molecule has 2 rings (SSSR count). The Morgan fingerprint density at radius 3 is 2.74 bits per heavy atom. The van der Waals surface area contributed by atoms with Crippen LogP contribution in [-0.2, 0) is 11.3 Å². The van der Waals surface area contributed by atoms with E-state index in [1.165, 1.54) is 11.3 Å². The minimum atomic E-state index is -0.418. The molecular formula is C12H17N5OS. The summed E-state index contributed by atoms with van der Waals surface area (Å²) in [4.78, 5) is 11.8. The SMILES string of the molecule is Cc1nnc(Cn2cc(NC(=O)C(C)(C)C)cn2)s1. The van der Waals surface area contributed by atoms with Crippen LogP contribution in [0.15, 0.2) is 12.4 Å². The van der Waals surface area contributed by atoms with E-state index >= 15 is 0 Å². The summed E-state index contributed by atoms with van der Waals surface area (Å²) in [5, 5.41) is 16.9. The monoisotopic (exact) mass is 279 g/mol. The fraction of sp³-hybridized carbons (Fsp3) is 0.500. The number of hydrogen-bond acceptors (Lipinski definition) is 5. The molecule has 0 radical (unpaired) electrons. The van der Waals surface area contributed by atoms with Crippen LogP contribution in [0.1, 0.15) is 30.8 Å². The summed E-state index contributed by atoms with van der Waals surface area (Å²) in [7, 11) is 0. The van der Waals surface area contributed by atoms with Crippen molar-refractivity contribution < 1.29 is 4.79 Å². The van der Waals surface area contributed by atoms with Crippen molar-refractivity contribution in [1.82, 2.24) is 20.0 Å². The second-order valence-corrected chi connectivity index (χ2v) is 6.61. The van der Waals surface area contributed by atoms with Gasteiger partial charge in [0, 0.05) is 11.6 Å². The first-order chi connectivity index (χ1) is 8.84. The van der Waals surface area contributed by atoms with Crippen LogP contribution in [0.2, 0.25) is 0 Å². The largest absolute Gasteiger partial charge is 0.323 e. The van der Waals surface area contributed by atoms with E-state index in [1.54, 1.807) is 17.1 Å². The quantitative estimate of drug-likeness (QED) is 0.933. The van der Waals surface area contributed by atoms with Gasteiger partial charge < -0.3 is 5.32 Å². The Bertz CT molecular complexity index is 581. The normalized spacial score (nSPS) is 11.6. The topological polar surface area (TPSA) is 72.7 Å². The van der Waals surface area contributed by atoms with Crippen molar-refractivity contribution >= 4 is 22.9 Å². The van der Waals surface area contributed by atoms with Gasteiger partial charge in [-0.2, -0.15) is 5.10 Å². The predicted octanol–water partition coefficient (Wildman–Crippen LogP) is 2.08. The third-order valence-electron chi connectivity index (χ3n) is 2.44. The molecule has 0 aromatic carbocycles. The second-order valence-electron chi connectivity index (χ2n) is 5.35. The van der Waals surface area contributed by atoms with Crippen LogP contribution in [0.4, 0.5) is 5.69 Å². The number of nitrogens with one attached hydrogen (secondary N) is 1. The molecule has 0 saturated heterocycles. The molecule has 0 aliphatic rings. The Morgan fingerprint density at radius 2 is 2.16 bits per heavy atom. The highest BCUT2D eigenvalue weighted by Gasteiger charge is 2.21. The van der Waals surface area contributed by atoms with Crippen LogP contribution in [0, 0.1) is 12.3 Å². The number of carbonyl (C=O) groups excluding carboxylic acids is 1. The van der Waals surface area contributed by atoms with E-state index in [4.69, 9.17) is 0 Å². The van der Waals surface area contributed by atoms with Gasteiger partial charge in [0.1, 0.15) is 10.0 Å². The predicted molar refractivity (Wildman–Crippen MR) is 74.1 cm³/mol. The smallest absolute Gasteiger partial charge is 0.229 e. The second kappa shape index (κ2) is 5.08. The number of amides is 1. The standard InChI is InChI=1S/C12H17N5OS/c1-8-15-16-10(19-8)7-17-6-9(5-13-17)14-11(18)12(2,3)4/h5-6H,7H2,1-4H3,(H,14,18). The summed E-state index contributed by atoms with van der Waals surface area (Å²) in [6.45, 7) is 8.10. The number of anilines is 1. The zero-order valence-corrected chi connectivity index (χ0v) is 12.3. The zero-order valence-electron chi connectivity index (χ0n) is 11.5. The Hall–Kier alpha value is -1.76. The van der Waals surface area contributed by atoms with Gasteiger partial charge in [-0.1, -0.05) is 32.1 Å². The molecule has 0 unspecified atom stereocenters. The van der Waals surface area contributed by atoms with E-state index in [-0.39, 0.29) is 5.91 Å². The van der Waals surface area contributed by atoms with E-state index in [9.17, 15) is 4.79 Å². The van der Waals surface area contributed by atoms with E-state index in [2.05, 4.69) is 20.6 Å². The van der Waals surface area contributed by atoms with E-state index in [0.29, 0.717) is 12.2 Å². The Labute approximate surface area is 115 Å². The molecule has 0 saturated carbocycles. The molecule has 1 N–H and O–H groups in total. The first-order valence-corrected chi connectivity index (χ1v) is 6.79. The summed E-state index contributed by atoms with van der Waals surface area (Å²) in [5.74, 6) is -0.0289. The van der Waals surface area contributed by atoms with Crippen molar-refractivity contribution in [3.05, 3.63) is 22.4 Å². The van der Waals surface area contributed by atoms with Crippen molar-refractivity contribution in [3.63, 3.8) is 0 Å². The molecule has 102 valence electrons. The van der Waals surface area contributed by atoms with Crippen molar-refractivity contribution in [3.8, 4) is 0 Å². The van der Waals surface area contributed by atoms with Gasteiger partial charge in [-0.3, -0.25) is 9.48 Å². The van der Waals surface area contributed by atoms with Gasteiger partial charge in [0.25, 0.3) is 0 Å². The molecule has 0 aliphatic carbocycles. The lowest BCUT2D eigenvalue weighted by Crippen LogP contribution is -2.27. The first kappa shape index (κ1) is 13.7. The number of nitrogens with zero attached hydrogens (tertiary/aromatic N) is 4. The van der Waals surface area contributed by atoms with Crippen LogP contribution in [-0.4, -0.2) is 25.9 Å². The summed E-state index contributed by atoms with van der Waals surface area (Å²) in [5.41, 5.74) is 0.277. The molecule has 0 bridgehead atoms. The maximum Gasteiger partial charge on any atom is 0.229 e. The first-order valence-electron chi connectivity index (χ1n) is 5.97. The number of aryl methyl sites for hydroxylation is 1. The average molecular weight is 279 g/mol. The average Bonchev–Trinajstić information content (AvgIpc) is 2.88. The minimum absolute atomic E-state index is 0.0289. The van der Waals surface area contributed by atoms with E-state index < -0.39 is 5.41 Å². The third-order valence-corrected chi connectivity index (χ3v) is 3.26. The van der Waals surface area contributed by atoms with Gasteiger partial charge in [-0.15, -0.1) is 10.2 Å². The highest BCUT2D eigenvalue weighted by atomic mass is 32.1. The molecule has 0 aliphatic heterocycles. The lowest BCUT2D eigenvalue weighted by molar-refractivity contribution is -0.123. The van der Waals surface area contributed by atoms with Gasteiger partial charge in [0.05, 0.1) is 18.4 Å². The molecule has 0 fully saturated rings. The summed E-state index contributed by atoms with van der Waals surface area (Å²) >= 11 is 1.54. The van der Waals surface area contributed by atoms with Crippen LogP contribution in [0.5, 0.6) is 0 Å². The Kier molecular flexibility index (Phi) is 3.66. The van der Waals surface area contributed by atoms with Crippen LogP contribution < -0.4 is 5.32 Å². The third kappa shape index (κ3) is 3.60. The van der Waals surface area contributed by atoms with Crippen LogP contribution >= 0.6 is 11.3 Å². The summed E-state index contributed by atoms with van der Waals surface area (Å²) < 4.78 is 1.73. The highest BCUT2D eigenvalue weighted by molar-refractivity contribution is 7.11. The summed E-state index contributed by atoms with van der Waals surface area (Å²) in [6, 6.07) is 0. The number of aromatic nitrogens is 4.